The van der Waals surface area contributed by atoms with E-state index in [1.165, 1.54) is 18.4 Å². The van der Waals surface area contributed by atoms with Gasteiger partial charge in [-0.3, -0.25) is 4.79 Å². The zero-order chi connectivity index (χ0) is 11.8. The van der Waals surface area contributed by atoms with E-state index >= 15 is 0 Å². The fourth-order valence-electron chi connectivity index (χ4n) is 1.49. The van der Waals surface area contributed by atoms with Crippen LogP contribution in [0, 0.1) is 0 Å². The summed E-state index contributed by atoms with van der Waals surface area (Å²) in [7, 11) is 0. The van der Waals surface area contributed by atoms with Crippen LogP contribution in [0.25, 0.3) is 0 Å². The lowest BCUT2D eigenvalue weighted by Gasteiger charge is -2.04. The number of carbonyl (C=O) groups excluding carboxylic acids is 1. The number of hydrogen-bond acceptors (Lipinski definition) is 2. The molecule has 0 bridgehead atoms. The molecule has 0 aliphatic rings. The maximum Gasteiger partial charge on any atom is 0.311 e. The average Bonchev–Trinajstić information content (AvgIpc) is 2.28. The van der Waals surface area contributed by atoms with Crippen LogP contribution >= 0.6 is 13.5 Å². The molecule has 0 saturated carbocycles. The van der Waals surface area contributed by atoms with Crippen LogP contribution in [-0.2, 0) is 11.2 Å². The Labute approximate surface area is 111 Å². The van der Waals surface area contributed by atoms with E-state index in [4.69, 9.17) is 4.74 Å². The van der Waals surface area contributed by atoms with Crippen LogP contribution in [0.3, 0.4) is 0 Å². The Morgan fingerprint density at radius 3 is 2.29 bits per heavy atom. The summed E-state index contributed by atoms with van der Waals surface area (Å²) in [6.07, 6.45) is 4.81. The van der Waals surface area contributed by atoms with Gasteiger partial charge in [-0.05, 0) is 37.0 Å². The lowest BCUT2D eigenvalue weighted by Crippen LogP contribution is -2.06. The highest BCUT2D eigenvalue weighted by Gasteiger charge is 2.02. The van der Waals surface area contributed by atoms with Crippen LogP contribution in [0.2, 0.25) is 0 Å². The van der Waals surface area contributed by atoms with Crippen molar-refractivity contribution < 1.29 is 9.53 Å². The second kappa shape index (κ2) is 9.11. The van der Waals surface area contributed by atoms with Gasteiger partial charge in [0.15, 0.2) is 0 Å². The molecule has 0 spiro atoms. The molecule has 0 aliphatic heterocycles. The smallest absolute Gasteiger partial charge is 0.311 e. The van der Waals surface area contributed by atoms with Crippen LogP contribution in [0.1, 0.15) is 45.1 Å². The molecule has 0 heterocycles. The van der Waals surface area contributed by atoms with E-state index in [9.17, 15) is 4.79 Å². The van der Waals surface area contributed by atoms with E-state index in [0.29, 0.717) is 12.2 Å². The first-order valence-corrected chi connectivity index (χ1v) is 6.06. The number of aryl methyl sites for hydroxylation is 1. The van der Waals surface area contributed by atoms with Gasteiger partial charge in [0.2, 0.25) is 0 Å². The van der Waals surface area contributed by atoms with Crippen molar-refractivity contribution in [1.82, 2.24) is 0 Å². The molecule has 1 aromatic rings. The Hall–Kier alpha value is -0.960. The molecule has 0 aliphatic carbocycles. The van der Waals surface area contributed by atoms with Gasteiger partial charge in [-0.1, -0.05) is 32.4 Å². The Bertz CT molecular complexity index is 319. The molecule has 96 valence electrons. The number of ether oxygens (including phenoxy) is 1. The molecular formula is C14H22O2S. The minimum atomic E-state index is -0.149. The van der Waals surface area contributed by atoms with Gasteiger partial charge in [0, 0.05) is 6.42 Å². The van der Waals surface area contributed by atoms with E-state index in [-0.39, 0.29) is 19.5 Å². The molecule has 0 radical (unpaired) electrons. The summed E-state index contributed by atoms with van der Waals surface area (Å²) in [6.45, 7) is 4.15. The summed E-state index contributed by atoms with van der Waals surface area (Å²) in [6, 6.07) is 7.81. The molecule has 17 heavy (non-hydrogen) atoms. The Kier molecular flexibility index (Phi) is 8.60. The maximum absolute atomic E-state index is 11.2. The molecule has 0 atom stereocenters. The van der Waals surface area contributed by atoms with E-state index in [1.54, 1.807) is 0 Å². The molecule has 0 saturated heterocycles. The van der Waals surface area contributed by atoms with Crippen LogP contribution in [-0.4, -0.2) is 5.97 Å². The van der Waals surface area contributed by atoms with Gasteiger partial charge < -0.3 is 4.74 Å². The fraction of sp³-hybridized carbons (Fsp3) is 0.500. The molecule has 1 rings (SSSR count). The Morgan fingerprint density at radius 1 is 1.12 bits per heavy atom. The number of rotatable bonds is 6. The highest BCUT2D eigenvalue weighted by Crippen LogP contribution is 2.14. The van der Waals surface area contributed by atoms with E-state index in [1.807, 2.05) is 31.2 Å². The van der Waals surface area contributed by atoms with Gasteiger partial charge in [0.25, 0.3) is 0 Å². The highest BCUT2D eigenvalue weighted by atomic mass is 32.1. The standard InChI is InChI=1S/C14H20O2.H2S/c1-3-5-7-12-8-10-13(11-9-12)16-14(15)6-4-2;/h8-11H,3-7H2,1-2H3;1H2. The zero-order valence-electron chi connectivity index (χ0n) is 10.7. The summed E-state index contributed by atoms with van der Waals surface area (Å²) in [5.74, 6) is 0.502. The van der Waals surface area contributed by atoms with Crippen molar-refractivity contribution >= 4 is 19.5 Å². The minimum Gasteiger partial charge on any atom is -0.427 e. The maximum atomic E-state index is 11.2. The Balaban J connectivity index is 0.00000256. The minimum absolute atomic E-state index is 0. The Morgan fingerprint density at radius 2 is 1.76 bits per heavy atom. The van der Waals surface area contributed by atoms with Crippen LogP contribution < -0.4 is 4.74 Å². The zero-order valence-corrected chi connectivity index (χ0v) is 11.7. The number of carbonyl (C=O) groups is 1. The number of unbranched alkanes of at least 4 members (excludes halogenated alkanes) is 1. The SMILES string of the molecule is CCCCc1ccc(OC(=O)CCC)cc1.S. The quantitative estimate of drug-likeness (QED) is 0.569. The normalized spacial score (nSPS) is 9.53. The molecule has 0 N–H and O–H groups in total. The molecule has 0 aromatic heterocycles. The summed E-state index contributed by atoms with van der Waals surface area (Å²) >= 11 is 0. The van der Waals surface area contributed by atoms with Crippen LogP contribution in [0.15, 0.2) is 24.3 Å². The van der Waals surface area contributed by atoms with Gasteiger partial charge in [0.05, 0.1) is 0 Å². The van der Waals surface area contributed by atoms with E-state index < -0.39 is 0 Å². The molecule has 2 nitrogen and oxygen atoms in total. The van der Waals surface area contributed by atoms with Crippen molar-refractivity contribution in [3.8, 4) is 5.75 Å². The van der Waals surface area contributed by atoms with Crippen LogP contribution in [0.4, 0.5) is 0 Å². The molecular weight excluding hydrogens is 232 g/mol. The van der Waals surface area contributed by atoms with Gasteiger partial charge >= 0.3 is 5.97 Å². The third-order valence-corrected chi connectivity index (χ3v) is 2.43. The third-order valence-electron chi connectivity index (χ3n) is 2.43. The summed E-state index contributed by atoms with van der Waals surface area (Å²) in [5, 5.41) is 0. The predicted molar refractivity (Wildman–Crippen MR) is 76.0 cm³/mol. The largest absolute Gasteiger partial charge is 0.427 e. The first kappa shape index (κ1) is 16.0. The second-order valence-corrected chi connectivity index (χ2v) is 3.97. The van der Waals surface area contributed by atoms with Crippen molar-refractivity contribution in [2.24, 2.45) is 0 Å². The van der Waals surface area contributed by atoms with Gasteiger partial charge in [-0.2, -0.15) is 13.5 Å². The summed E-state index contributed by atoms with van der Waals surface area (Å²) in [5.41, 5.74) is 1.30. The topological polar surface area (TPSA) is 26.3 Å². The molecule has 0 unspecified atom stereocenters. The van der Waals surface area contributed by atoms with Crippen molar-refractivity contribution in [3.63, 3.8) is 0 Å². The first-order chi connectivity index (χ1) is 7.76. The van der Waals surface area contributed by atoms with Crippen molar-refractivity contribution in [2.45, 2.75) is 46.0 Å². The summed E-state index contributed by atoms with van der Waals surface area (Å²) in [4.78, 5) is 11.2. The van der Waals surface area contributed by atoms with Gasteiger partial charge in [0.1, 0.15) is 5.75 Å². The van der Waals surface area contributed by atoms with Gasteiger partial charge in [-0.15, -0.1) is 0 Å². The molecule has 0 fully saturated rings. The fourth-order valence-corrected chi connectivity index (χ4v) is 1.49. The molecule has 0 amide bonds. The van der Waals surface area contributed by atoms with Crippen molar-refractivity contribution in [3.05, 3.63) is 29.8 Å². The van der Waals surface area contributed by atoms with E-state index in [2.05, 4.69) is 6.92 Å². The monoisotopic (exact) mass is 254 g/mol. The average molecular weight is 254 g/mol. The summed E-state index contributed by atoms with van der Waals surface area (Å²) < 4.78 is 5.18. The lowest BCUT2D eigenvalue weighted by molar-refractivity contribution is -0.134. The van der Waals surface area contributed by atoms with Crippen molar-refractivity contribution in [1.29, 1.82) is 0 Å². The highest BCUT2D eigenvalue weighted by molar-refractivity contribution is 7.59. The molecule has 3 heteroatoms. The third kappa shape index (κ3) is 6.37. The van der Waals surface area contributed by atoms with Crippen LogP contribution in [0.5, 0.6) is 5.75 Å². The lowest BCUT2D eigenvalue weighted by atomic mass is 10.1. The van der Waals surface area contributed by atoms with Gasteiger partial charge in [-0.25, -0.2) is 0 Å². The number of benzene rings is 1. The second-order valence-electron chi connectivity index (χ2n) is 3.97. The van der Waals surface area contributed by atoms with Crippen molar-refractivity contribution in [2.75, 3.05) is 0 Å². The number of esters is 1. The number of hydrogen-bond donors (Lipinski definition) is 0. The first-order valence-electron chi connectivity index (χ1n) is 6.06. The van der Waals surface area contributed by atoms with E-state index in [0.717, 1.165) is 12.8 Å². The predicted octanol–water partition coefficient (Wildman–Crippen LogP) is 3.85. The molecule has 1 aromatic carbocycles.